The van der Waals surface area contributed by atoms with E-state index in [0.717, 1.165) is 19.4 Å². The average Bonchev–Trinajstić information content (AvgIpc) is 2.29. The molecule has 0 saturated carbocycles. The van der Waals surface area contributed by atoms with E-state index in [1.54, 1.807) is 0 Å². The fourth-order valence-corrected chi connectivity index (χ4v) is 2.60. The van der Waals surface area contributed by atoms with E-state index in [0.29, 0.717) is 6.04 Å². The van der Waals surface area contributed by atoms with Crippen molar-refractivity contribution in [1.29, 1.82) is 0 Å². The Kier molecular flexibility index (Phi) is 5.22. The van der Waals surface area contributed by atoms with E-state index in [2.05, 4.69) is 37.7 Å². The lowest BCUT2D eigenvalue weighted by molar-refractivity contribution is 0.110. The first-order chi connectivity index (χ1) is 7.50. The van der Waals surface area contributed by atoms with Gasteiger partial charge in [0.05, 0.1) is 0 Å². The Hall–Kier alpha value is -0.120. The first kappa shape index (κ1) is 13.9. The van der Waals surface area contributed by atoms with E-state index < -0.39 is 0 Å². The highest BCUT2D eigenvalue weighted by Gasteiger charge is 2.27. The first-order valence-corrected chi connectivity index (χ1v) is 6.68. The maximum Gasteiger partial charge on any atom is 0.0278 e. The van der Waals surface area contributed by atoms with Gasteiger partial charge in [-0.2, -0.15) is 0 Å². The van der Waals surface area contributed by atoms with Gasteiger partial charge >= 0.3 is 0 Å². The van der Waals surface area contributed by atoms with Crippen LogP contribution in [0.5, 0.6) is 0 Å². The molecule has 1 aliphatic heterocycles. The molecule has 0 aromatic heterocycles. The fourth-order valence-electron chi connectivity index (χ4n) is 2.60. The summed E-state index contributed by atoms with van der Waals surface area (Å²) in [6.45, 7) is 7.87. The molecule has 1 aliphatic rings. The third-order valence-corrected chi connectivity index (χ3v) is 4.20. The van der Waals surface area contributed by atoms with E-state index in [9.17, 15) is 0 Å². The predicted molar refractivity (Wildman–Crippen MR) is 70.6 cm³/mol. The van der Waals surface area contributed by atoms with E-state index in [4.69, 9.17) is 5.73 Å². The summed E-state index contributed by atoms with van der Waals surface area (Å²) in [5.74, 6) is 0. The fraction of sp³-hybridized carbons (Fsp3) is 1.00. The third kappa shape index (κ3) is 3.72. The minimum Gasteiger partial charge on any atom is -0.324 e. The van der Waals surface area contributed by atoms with Gasteiger partial charge in [0.1, 0.15) is 0 Å². The molecule has 0 aromatic rings. The summed E-state index contributed by atoms with van der Waals surface area (Å²) in [6.07, 6.45) is 4.78. The Morgan fingerprint density at radius 3 is 2.50 bits per heavy atom. The zero-order valence-corrected chi connectivity index (χ0v) is 11.5. The molecule has 3 nitrogen and oxygen atoms in total. The van der Waals surface area contributed by atoms with Crippen molar-refractivity contribution >= 4 is 0 Å². The summed E-state index contributed by atoms with van der Waals surface area (Å²) in [7, 11) is 4.45. The minimum atomic E-state index is 0.00473. The number of likely N-dealkylation sites (tertiary alicyclic amines) is 1. The van der Waals surface area contributed by atoms with Gasteiger partial charge in [0.2, 0.25) is 0 Å². The second-order valence-corrected chi connectivity index (χ2v) is 5.54. The van der Waals surface area contributed by atoms with Gasteiger partial charge in [-0.25, -0.2) is 0 Å². The molecule has 16 heavy (non-hydrogen) atoms. The van der Waals surface area contributed by atoms with Gasteiger partial charge in [-0.1, -0.05) is 13.8 Å². The van der Waals surface area contributed by atoms with E-state index in [1.165, 1.54) is 25.9 Å². The Labute approximate surface area is 101 Å². The molecule has 96 valence electrons. The highest BCUT2D eigenvalue weighted by Crippen LogP contribution is 2.18. The van der Waals surface area contributed by atoms with Gasteiger partial charge in [-0.05, 0) is 46.3 Å². The monoisotopic (exact) mass is 227 g/mol. The zero-order chi connectivity index (χ0) is 12.2. The lowest BCUT2D eigenvalue weighted by atomic mass is 9.92. The standard InChI is InChI=1S/C13H29N3/c1-5-13(14,6-2)11-16(4)12-8-7-9-15(3)10-12/h12H,5-11,14H2,1-4H3. The van der Waals surface area contributed by atoms with Crippen LogP contribution in [0.2, 0.25) is 0 Å². The molecular formula is C13H29N3. The van der Waals surface area contributed by atoms with Gasteiger partial charge in [0.25, 0.3) is 0 Å². The van der Waals surface area contributed by atoms with E-state index >= 15 is 0 Å². The first-order valence-electron chi connectivity index (χ1n) is 6.68. The van der Waals surface area contributed by atoms with Crippen LogP contribution in [-0.2, 0) is 0 Å². The molecule has 1 unspecified atom stereocenters. The van der Waals surface area contributed by atoms with Crippen molar-refractivity contribution in [2.75, 3.05) is 33.7 Å². The molecule has 1 fully saturated rings. The van der Waals surface area contributed by atoms with E-state index in [-0.39, 0.29) is 5.54 Å². The van der Waals surface area contributed by atoms with Crippen LogP contribution in [0, 0.1) is 0 Å². The zero-order valence-electron chi connectivity index (χ0n) is 11.5. The number of likely N-dealkylation sites (N-methyl/N-ethyl adjacent to an activating group) is 2. The number of hydrogen-bond donors (Lipinski definition) is 1. The summed E-state index contributed by atoms with van der Waals surface area (Å²) in [4.78, 5) is 4.91. The second-order valence-electron chi connectivity index (χ2n) is 5.54. The quantitative estimate of drug-likeness (QED) is 0.773. The summed E-state index contributed by atoms with van der Waals surface area (Å²) < 4.78 is 0. The van der Waals surface area contributed by atoms with Crippen molar-refractivity contribution in [1.82, 2.24) is 9.80 Å². The Morgan fingerprint density at radius 2 is 2.00 bits per heavy atom. The molecule has 0 aromatic carbocycles. The second kappa shape index (κ2) is 5.99. The van der Waals surface area contributed by atoms with Crippen molar-refractivity contribution < 1.29 is 0 Å². The van der Waals surface area contributed by atoms with Crippen LogP contribution in [0.25, 0.3) is 0 Å². The Morgan fingerprint density at radius 1 is 1.38 bits per heavy atom. The maximum absolute atomic E-state index is 6.38. The summed E-state index contributed by atoms with van der Waals surface area (Å²) in [5.41, 5.74) is 6.39. The van der Waals surface area contributed by atoms with Gasteiger partial charge in [-0.3, -0.25) is 0 Å². The van der Waals surface area contributed by atoms with Crippen LogP contribution in [0.1, 0.15) is 39.5 Å². The minimum absolute atomic E-state index is 0.00473. The van der Waals surface area contributed by atoms with Crippen molar-refractivity contribution in [3.05, 3.63) is 0 Å². The molecule has 0 bridgehead atoms. The smallest absolute Gasteiger partial charge is 0.0278 e. The maximum atomic E-state index is 6.38. The molecule has 0 spiro atoms. The average molecular weight is 227 g/mol. The molecule has 1 rings (SSSR count). The molecule has 3 heteroatoms. The van der Waals surface area contributed by atoms with Crippen LogP contribution < -0.4 is 5.73 Å². The Bertz CT molecular complexity index is 201. The SMILES string of the molecule is CCC(N)(CC)CN(C)C1CCCN(C)C1. The van der Waals surface area contributed by atoms with Crippen molar-refractivity contribution in [3.8, 4) is 0 Å². The highest BCUT2D eigenvalue weighted by atomic mass is 15.2. The molecule has 1 heterocycles. The van der Waals surface area contributed by atoms with Gasteiger partial charge < -0.3 is 15.5 Å². The van der Waals surface area contributed by atoms with Crippen LogP contribution in [0.4, 0.5) is 0 Å². The number of piperidine rings is 1. The highest BCUT2D eigenvalue weighted by molar-refractivity contribution is 4.87. The lowest BCUT2D eigenvalue weighted by Crippen LogP contribution is -2.54. The number of rotatable bonds is 5. The molecule has 1 atom stereocenters. The van der Waals surface area contributed by atoms with E-state index in [1.807, 2.05) is 0 Å². The number of hydrogen-bond acceptors (Lipinski definition) is 3. The van der Waals surface area contributed by atoms with Crippen LogP contribution in [-0.4, -0.2) is 55.1 Å². The predicted octanol–water partition coefficient (Wildman–Crippen LogP) is 1.53. The summed E-state index contributed by atoms with van der Waals surface area (Å²) >= 11 is 0. The largest absolute Gasteiger partial charge is 0.324 e. The molecule has 1 saturated heterocycles. The third-order valence-electron chi connectivity index (χ3n) is 4.20. The normalized spacial score (nSPS) is 24.0. The molecule has 0 aliphatic carbocycles. The topological polar surface area (TPSA) is 32.5 Å². The molecular weight excluding hydrogens is 198 g/mol. The number of nitrogens with two attached hydrogens (primary N) is 1. The van der Waals surface area contributed by atoms with Gasteiger partial charge in [-0.15, -0.1) is 0 Å². The lowest BCUT2D eigenvalue weighted by Gasteiger charge is -2.40. The van der Waals surface area contributed by atoms with Gasteiger partial charge in [0, 0.05) is 24.7 Å². The van der Waals surface area contributed by atoms with Gasteiger partial charge in [0.15, 0.2) is 0 Å². The van der Waals surface area contributed by atoms with Crippen LogP contribution in [0.3, 0.4) is 0 Å². The van der Waals surface area contributed by atoms with Crippen molar-refractivity contribution in [2.45, 2.75) is 51.1 Å². The molecule has 0 radical (unpaired) electrons. The van der Waals surface area contributed by atoms with Crippen LogP contribution >= 0.6 is 0 Å². The summed E-state index contributed by atoms with van der Waals surface area (Å²) in [5, 5.41) is 0. The van der Waals surface area contributed by atoms with Crippen molar-refractivity contribution in [3.63, 3.8) is 0 Å². The summed E-state index contributed by atoms with van der Waals surface area (Å²) in [6, 6.07) is 0.694. The number of nitrogens with zero attached hydrogens (tertiary/aromatic N) is 2. The molecule has 2 N–H and O–H groups in total. The molecule has 0 amide bonds. The van der Waals surface area contributed by atoms with Crippen LogP contribution in [0.15, 0.2) is 0 Å². The van der Waals surface area contributed by atoms with Crippen molar-refractivity contribution in [2.24, 2.45) is 5.73 Å². The Balaban J connectivity index is 2.47.